The van der Waals surface area contributed by atoms with Crippen LogP contribution in [0.2, 0.25) is 32.2 Å². The Morgan fingerprint density at radius 1 is 1.31 bits per heavy atom. The van der Waals surface area contributed by atoms with Gasteiger partial charge in [-0.3, -0.25) is 0 Å². The van der Waals surface area contributed by atoms with Crippen molar-refractivity contribution in [3.63, 3.8) is 0 Å². The highest BCUT2D eigenvalue weighted by Crippen LogP contribution is 2.36. The summed E-state index contributed by atoms with van der Waals surface area (Å²) in [4.78, 5) is 0. The summed E-state index contributed by atoms with van der Waals surface area (Å²) in [5.74, 6) is 0. The van der Waals surface area contributed by atoms with Crippen molar-refractivity contribution in [1.82, 2.24) is 0 Å². The maximum Gasteiger partial charge on any atom is 0.174 e. The molecule has 0 amide bonds. The second-order valence-electron chi connectivity index (χ2n) is 6.58. The van der Waals surface area contributed by atoms with Gasteiger partial charge in [-0.25, -0.2) is 0 Å². The molecule has 0 aromatic heterocycles. The smallest absolute Gasteiger partial charge is 0.174 e. The fourth-order valence-corrected chi connectivity index (χ4v) is 8.93. The van der Waals surface area contributed by atoms with Crippen LogP contribution in [0.5, 0.6) is 0 Å². The first kappa shape index (κ1) is 14.4. The van der Waals surface area contributed by atoms with Gasteiger partial charge in [0.15, 0.2) is 7.83 Å². The lowest BCUT2D eigenvalue weighted by molar-refractivity contribution is 0.100. The van der Waals surface area contributed by atoms with Gasteiger partial charge in [0.05, 0.1) is 13.7 Å². The molecule has 4 N–H and O–H groups in total. The predicted octanol–water partition coefficient (Wildman–Crippen LogP) is 1.83. The van der Waals surface area contributed by atoms with E-state index in [9.17, 15) is 0 Å². The molecule has 0 aromatic carbocycles. The topological polar surface area (TPSA) is 61.3 Å². The summed E-state index contributed by atoms with van der Waals surface area (Å²) < 4.78 is 6.43. The molecule has 16 heavy (non-hydrogen) atoms. The standard InChI is InChI=1S/C11H28N2OSi2/c1-11(13,7-8-12)10-6-9-15(2,3)16(4,5)14-10/h10H,6-9,12-13H2,1-5H3. The molecular weight excluding hydrogens is 232 g/mol. The predicted molar refractivity (Wildman–Crippen MR) is 75.5 cm³/mol. The Balaban J connectivity index is 2.76. The van der Waals surface area contributed by atoms with Crippen LogP contribution >= 0.6 is 0 Å². The van der Waals surface area contributed by atoms with Gasteiger partial charge < -0.3 is 15.9 Å². The lowest BCUT2D eigenvalue weighted by atomic mass is 9.90. The van der Waals surface area contributed by atoms with E-state index < -0.39 is 15.4 Å². The molecule has 1 aliphatic rings. The van der Waals surface area contributed by atoms with E-state index in [0.29, 0.717) is 6.54 Å². The van der Waals surface area contributed by atoms with Gasteiger partial charge in [0.1, 0.15) is 0 Å². The minimum absolute atomic E-state index is 0.221. The molecule has 2 unspecified atom stereocenters. The number of hydrogen-bond donors (Lipinski definition) is 2. The van der Waals surface area contributed by atoms with Crippen LogP contribution in [0.1, 0.15) is 19.8 Å². The van der Waals surface area contributed by atoms with Crippen LogP contribution in [0.3, 0.4) is 0 Å². The van der Waals surface area contributed by atoms with Gasteiger partial charge in [0, 0.05) is 5.54 Å². The third kappa shape index (κ3) is 2.76. The molecule has 0 bridgehead atoms. The van der Waals surface area contributed by atoms with Crippen LogP contribution in [0.15, 0.2) is 0 Å². The fraction of sp³-hybridized carbons (Fsp3) is 1.00. The SMILES string of the molecule is CC(N)(CCN)C1CC[Si](C)(C)[Si](C)(C)O1. The Hall–Kier alpha value is 0.314. The van der Waals surface area contributed by atoms with E-state index in [-0.39, 0.29) is 11.6 Å². The first-order valence-corrected chi connectivity index (χ1v) is 13.4. The lowest BCUT2D eigenvalue weighted by Crippen LogP contribution is -2.66. The third-order valence-corrected chi connectivity index (χ3v) is 21.1. The number of rotatable bonds is 3. The van der Waals surface area contributed by atoms with Crippen molar-refractivity contribution in [3.8, 4) is 0 Å². The van der Waals surface area contributed by atoms with Crippen LogP contribution < -0.4 is 11.5 Å². The van der Waals surface area contributed by atoms with Gasteiger partial charge in [0.25, 0.3) is 0 Å². The fourth-order valence-electron chi connectivity index (χ4n) is 2.30. The van der Waals surface area contributed by atoms with E-state index in [1.54, 1.807) is 0 Å². The van der Waals surface area contributed by atoms with Crippen molar-refractivity contribution in [2.75, 3.05) is 6.54 Å². The molecule has 5 heteroatoms. The third-order valence-electron chi connectivity index (χ3n) is 4.52. The van der Waals surface area contributed by atoms with E-state index in [4.69, 9.17) is 15.9 Å². The average molecular weight is 261 g/mol. The lowest BCUT2D eigenvalue weighted by Gasteiger charge is -2.50. The second kappa shape index (κ2) is 4.53. The van der Waals surface area contributed by atoms with Gasteiger partial charge in [0.2, 0.25) is 0 Å². The molecule has 3 nitrogen and oxygen atoms in total. The van der Waals surface area contributed by atoms with Crippen LogP contribution in [0.25, 0.3) is 0 Å². The molecule has 0 saturated carbocycles. The summed E-state index contributed by atoms with van der Waals surface area (Å²) in [5.41, 5.74) is 11.7. The van der Waals surface area contributed by atoms with E-state index in [0.717, 1.165) is 12.8 Å². The first-order valence-electron chi connectivity index (χ1n) is 6.29. The Bertz CT molecular complexity index is 254. The Morgan fingerprint density at radius 2 is 1.88 bits per heavy atom. The highest BCUT2D eigenvalue weighted by molar-refractivity contribution is 7.38. The highest BCUT2D eigenvalue weighted by atomic mass is 29.3. The molecule has 1 rings (SSSR count). The van der Waals surface area contributed by atoms with E-state index in [2.05, 4.69) is 33.1 Å². The zero-order chi connectivity index (χ0) is 12.6. The number of hydrogen-bond acceptors (Lipinski definition) is 3. The van der Waals surface area contributed by atoms with Crippen molar-refractivity contribution in [1.29, 1.82) is 0 Å². The minimum atomic E-state index is -1.50. The minimum Gasteiger partial charge on any atom is -0.415 e. The Labute approximate surface area is 102 Å². The summed E-state index contributed by atoms with van der Waals surface area (Å²) >= 11 is 0. The monoisotopic (exact) mass is 260 g/mol. The Morgan fingerprint density at radius 3 is 2.31 bits per heavy atom. The van der Waals surface area contributed by atoms with Gasteiger partial charge in [-0.05, 0) is 39.4 Å². The summed E-state index contributed by atoms with van der Waals surface area (Å²) in [6.07, 6.45) is 2.20. The molecule has 2 atom stereocenters. The quantitative estimate of drug-likeness (QED) is 0.761. The Kier molecular flexibility index (Phi) is 4.07. The molecule has 1 fully saturated rings. The summed E-state index contributed by atoms with van der Waals surface area (Å²) in [7, 11) is -2.63. The normalized spacial score (nSPS) is 32.1. The van der Waals surface area contributed by atoms with Crippen LogP contribution in [-0.2, 0) is 4.43 Å². The maximum absolute atomic E-state index is 6.43. The van der Waals surface area contributed by atoms with Gasteiger partial charge >= 0.3 is 0 Å². The van der Waals surface area contributed by atoms with Crippen molar-refractivity contribution in [3.05, 3.63) is 0 Å². The van der Waals surface area contributed by atoms with Crippen LogP contribution in [0.4, 0.5) is 0 Å². The van der Waals surface area contributed by atoms with Crippen LogP contribution in [0, 0.1) is 0 Å². The summed E-state index contributed by atoms with van der Waals surface area (Å²) in [6.45, 7) is 12.4. The van der Waals surface area contributed by atoms with Crippen molar-refractivity contribution in [2.45, 2.75) is 63.6 Å². The van der Waals surface area contributed by atoms with Crippen molar-refractivity contribution >= 4 is 15.4 Å². The number of nitrogens with two attached hydrogens (primary N) is 2. The van der Waals surface area contributed by atoms with E-state index in [1.807, 2.05) is 0 Å². The van der Waals surface area contributed by atoms with Gasteiger partial charge in [-0.15, -0.1) is 0 Å². The molecule has 0 spiro atoms. The molecule has 0 aromatic rings. The summed E-state index contributed by atoms with van der Waals surface area (Å²) in [6, 6.07) is 1.36. The van der Waals surface area contributed by atoms with Gasteiger partial charge in [-0.1, -0.05) is 19.1 Å². The maximum atomic E-state index is 6.43. The summed E-state index contributed by atoms with van der Waals surface area (Å²) in [5, 5.41) is 0. The largest absolute Gasteiger partial charge is 0.415 e. The van der Waals surface area contributed by atoms with E-state index >= 15 is 0 Å². The molecule has 1 heterocycles. The van der Waals surface area contributed by atoms with E-state index in [1.165, 1.54) is 6.04 Å². The molecule has 0 radical (unpaired) electrons. The van der Waals surface area contributed by atoms with Crippen molar-refractivity contribution < 1.29 is 4.43 Å². The van der Waals surface area contributed by atoms with Gasteiger partial charge in [-0.2, -0.15) is 0 Å². The zero-order valence-electron chi connectivity index (χ0n) is 11.5. The van der Waals surface area contributed by atoms with Crippen LogP contribution in [-0.4, -0.2) is 33.6 Å². The molecular formula is C11H28N2OSi2. The molecule has 1 saturated heterocycles. The second-order valence-corrected chi connectivity index (χ2v) is 21.8. The van der Waals surface area contributed by atoms with Crippen molar-refractivity contribution in [2.24, 2.45) is 11.5 Å². The average Bonchev–Trinajstić information content (AvgIpc) is 2.09. The molecule has 1 aliphatic heterocycles. The molecule has 96 valence electrons. The first-order chi connectivity index (χ1) is 7.12. The highest BCUT2D eigenvalue weighted by Gasteiger charge is 2.50. The zero-order valence-corrected chi connectivity index (χ0v) is 13.5. The molecule has 0 aliphatic carbocycles.